The zero-order chi connectivity index (χ0) is 7.90. The van der Waals surface area contributed by atoms with Gasteiger partial charge in [0, 0.05) is 16.8 Å². The number of rotatable bonds is 1. The SMILES string of the molecule is Cl.NC[C@@]12CC[C@@H](Br)[C@@H](C1)OC2. The Hall–Kier alpha value is 0.690. The topological polar surface area (TPSA) is 35.2 Å². The van der Waals surface area contributed by atoms with Crippen molar-refractivity contribution in [3.8, 4) is 0 Å². The Morgan fingerprint density at radius 1 is 1.58 bits per heavy atom. The normalized spacial score (nSPS) is 45.5. The van der Waals surface area contributed by atoms with Crippen molar-refractivity contribution >= 4 is 28.3 Å². The van der Waals surface area contributed by atoms with Crippen LogP contribution < -0.4 is 5.73 Å². The van der Waals surface area contributed by atoms with E-state index >= 15 is 0 Å². The molecule has 2 fully saturated rings. The van der Waals surface area contributed by atoms with E-state index < -0.39 is 0 Å². The van der Waals surface area contributed by atoms with E-state index in [1.165, 1.54) is 19.3 Å². The minimum Gasteiger partial charge on any atom is -0.376 e. The van der Waals surface area contributed by atoms with Crippen LogP contribution in [0.3, 0.4) is 0 Å². The van der Waals surface area contributed by atoms with Crippen LogP contribution in [0.2, 0.25) is 0 Å². The molecule has 0 amide bonds. The predicted molar refractivity (Wildman–Crippen MR) is 55.0 cm³/mol. The van der Waals surface area contributed by atoms with E-state index in [0.717, 1.165) is 13.2 Å². The van der Waals surface area contributed by atoms with Crippen molar-refractivity contribution in [2.45, 2.75) is 30.2 Å². The average Bonchev–Trinajstić information content (AvgIpc) is 2.40. The molecule has 2 N–H and O–H groups in total. The van der Waals surface area contributed by atoms with Crippen LogP contribution in [0.5, 0.6) is 0 Å². The molecule has 3 atom stereocenters. The van der Waals surface area contributed by atoms with Gasteiger partial charge in [-0.1, -0.05) is 15.9 Å². The largest absolute Gasteiger partial charge is 0.376 e. The van der Waals surface area contributed by atoms with Gasteiger partial charge in [-0.3, -0.25) is 0 Å². The van der Waals surface area contributed by atoms with E-state index in [1.54, 1.807) is 0 Å². The number of hydrogen-bond donors (Lipinski definition) is 1. The lowest BCUT2D eigenvalue weighted by Crippen LogP contribution is -2.36. The molecule has 2 bridgehead atoms. The smallest absolute Gasteiger partial charge is 0.0706 e. The van der Waals surface area contributed by atoms with Crippen LogP contribution in [0.15, 0.2) is 0 Å². The van der Waals surface area contributed by atoms with Crippen LogP contribution in [0, 0.1) is 5.41 Å². The molecule has 0 aromatic heterocycles. The molecular weight excluding hydrogens is 241 g/mol. The minimum atomic E-state index is 0. The van der Waals surface area contributed by atoms with Gasteiger partial charge in [-0.05, 0) is 19.3 Å². The summed E-state index contributed by atoms with van der Waals surface area (Å²) in [6.07, 6.45) is 4.06. The Bertz CT molecular complexity index is 169. The van der Waals surface area contributed by atoms with Gasteiger partial charge in [0.15, 0.2) is 0 Å². The van der Waals surface area contributed by atoms with E-state index in [9.17, 15) is 0 Å². The zero-order valence-electron chi connectivity index (χ0n) is 6.96. The number of hydrogen-bond acceptors (Lipinski definition) is 2. The maximum absolute atomic E-state index is 5.73. The van der Waals surface area contributed by atoms with Gasteiger partial charge in [-0.25, -0.2) is 0 Å². The number of fused-ring (bicyclic) bond motifs is 2. The highest BCUT2D eigenvalue weighted by atomic mass is 79.9. The Labute approximate surface area is 87.8 Å². The molecule has 0 aromatic carbocycles. The van der Waals surface area contributed by atoms with E-state index in [4.69, 9.17) is 10.5 Å². The third-order valence-electron chi connectivity index (χ3n) is 3.02. The highest BCUT2D eigenvalue weighted by molar-refractivity contribution is 9.09. The van der Waals surface area contributed by atoms with Crippen LogP contribution in [-0.4, -0.2) is 24.1 Å². The van der Waals surface area contributed by atoms with Crippen molar-refractivity contribution in [3.63, 3.8) is 0 Å². The fraction of sp³-hybridized carbons (Fsp3) is 1.00. The summed E-state index contributed by atoms with van der Waals surface area (Å²) < 4.78 is 5.66. The summed E-state index contributed by atoms with van der Waals surface area (Å²) in [5, 5.41) is 0. The molecule has 0 radical (unpaired) electrons. The lowest BCUT2D eigenvalue weighted by atomic mass is 9.76. The number of ether oxygens (including phenoxy) is 1. The first kappa shape index (κ1) is 10.8. The average molecular weight is 257 g/mol. The number of nitrogens with two attached hydrogens (primary N) is 1. The Morgan fingerprint density at radius 3 is 3.00 bits per heavy atom. The summed E-state index contributed by atoms with van der Waals surface area (Å²) in [6, 6.07) is 0. The second-order valence-corrected chi connectivity index (χ2v) is 4.99. The maximum Gasteiger partial charge on any atom is 0.0706 e. The third kappa shape index (κ3) is 1.65. The van der Waals surface area contributed by atoms with Gasteiger partial charge in [0.1, 0.15) is 0 Å². The zero-order valence-corrected chi connectivity index (χ0v) is 9.36. The highest BCUT2D eigenvalue weighted by Gasteiger charge is 2.45. The summed E-state index contributed by atoms with van der Waals surface area (Å²) >= 11 is 3.63. The first-order valence-electron chi connectivity index (χ1n) is 4.21. The molecule has 72 valence electrons. The molecule has 0 aromatic rings. The number of alkyl halides is 1. The van der Waals surface area contributed by atoms with Crippen LogP contribution in [0.4, 0.5) is 0 Å². The fourth-order valence-corrected chi connectivity index (χ4v) is 2.68. The fourth-order valence-electron chi connectivity index (χ4n) is 2.11. The Balaban J connectivity index is 0.000000720. The van der Waals surface area contributed by atoms with Crippen molar-refractivity contribution in [1.29, 1.82) is 0 Å². The van der Waals surface area contributed by atoms with Gasteiger partial charge in [-0.15, -0.1) is 12.4 Å². The van der Waals surface area contributed by atoms with Crippen molar-refractivity contribution in [2.75, 3.05) is 13.2 Å². The van der Waals surface area contributed by atoms with E-state index in [-0.39, 0.29) is 12.4 Å². The van der Waals surface area contributed by atoms with E-state index in [2.05, 4.69) is 15.9 Å². The van der Waals surface area contributed by atoms with Crippen molar-refractivity contribution in [2.24, 2.45) is 11.1 Å². The highest BCUT2D eigenvalue weighted by Crippen LogP contribution is 2.45. The number of halogens is 2. The molecule has 1 saturated carbocycles. The van der Waals surface area contributed by atoms with Gasteiger partial charge >= 0.3 is 0 Å². The first-order chi connectivity index (χ1) is 5.26. The monoisotopic (exact) mass is 255 g/mol. The van der Waals surface area contributed by atoms with Gasteiger partial charge < -0.3 is 10.5 Å². The molecule has 1 heterocycles. The second-order valence-electron chi connectivity index (χ2n) is 3.81. The summed E-state index contributed by atoms with van der Waals surface area (Å²) in [5.41, 5.74) is 6.07. The molecule has 1 aliphatic carbocycles. The van der Waals surface area contributed by atoms with Gasteiger partial charge in [-0.2, -0.15) is 0 Å². The van der Waals surface area contributed by atoms with Crippen LogP contribution in [-0.2, 0) is 4.74 Å². The summed E-state index contributed by atoms with van der Waals surface area (Å²) in [6.45, 7) is 1.68. The van der Waals surface area contributed by atoms with Crippen molar-refractivity contribution in [1.82, 2.24) is 0 Å². The molecular formula is C8H15BrClNO. The molecule has 1 saturated heterocycles. The van der Waals surface area contributed by atoms with E-state index in [0.29, 0.717) is 16.3 Å². The Morgan fingerprint density at radius 2 is 2.33 bits per heavy atom. The lowest BCUT2D eigenvalue weighted by molar-refractivity contribution is 0.108. The molecule has 1 aliphatic heterocycles. The third-order valence-corrected chi connectivity index (χ3v) is 4.07. The molecule has 4 heteroatoms. The predicted octanol–water partition coefficient (Wildman–Crippen LogP) is 1.70. The van der Waals surface area contributed by atoms with Gasteiger partial charge in [0.2, 0.25) is 0 Å². The quantitative estimate of drug-likeness (QED) is 0.725. The summed E-state index contributed by atoms with van der Waals surface area (Å²) in [7, 11) is 0. The van der Waals surface area contributed by atoms with E-state index in [1.807, 2.05) is 0 Å². The standard InChI is InChI=1S/C8H14BrNO.ClH/c9-6-1-2-8(4-10)3-7(6)11-5-8;/h6-7H,1-5,10H2;1H/t6-,7-,8-;/m1./s1. The first-order valence-corrected chi connectivity index (χ1v) is 5.13. The van der Waals surface area contributed by atoms with Crippen LogP contribution in [0.1, 0.15) is 19.3 Å². The van der Waals surface area contributed by atoms with Crippen molar-refractivity contribution < 1.29 is 4.74 Å². The summed E-state index contributed by atoms with van der Waals surface area (Å²) in [4.78, 5) is 0.574. The van der Waals surface area contributed by atoms with Crippen LogP contribution >= 0.6 is 28.3 Å². The van der Waals surface area contributed by atoms with Gasteiger partial charge in [0.05, 0.1) is 12.7 Å². The molecule has 2 rings (SSSR count). The molecule has 0 spiro atoms. The lowest BCUT2D eigenvalue weighted by Gasteiger charge is -2.31. The molecule has 2 nitrogen and oxygen atoms in total. The molecule has 0 unspecified atom stereocenters. The Kier molecular flexibility index (Phi) is 3.43. The minimum absolute atomic E-state index is 0. The second kappa shape index (κ2) is 3.82. The van der Waals surface area contributed by atoms with Crippen molar-refractivity contribution in [3.05, 3.63) is 0 Å². The molecule has 12 heavy (non-hydrogen) atoms. The van der Waals surface area contributed by atoms with Gasteiger partial charge in [0.25, 0.3) is 0 Å². The maximum atomic E-state index is 5.73. The molecule has 2 aliphatic rings. The van der Waals surface area contributed by atoms with Crippen LogP contribution in [0.25, 0.3) is 0 Å². The summed E-state index contributed by atoms with van der Waals surface area (Å²) in [5.74, 6) is 0.